The third-order valence-corrected chi connectivity index (χ3v) is 3.92. The van der Waals surface area contributed by atoms with E-state index in [1.807, 2.05) is 12.1 Å². The summed E-state index contributed by atoms with van der Waals surface area (Å²) in [7, 11) is 3.21. The van der Waals surface area contributed by atoms with E-state index in [9.17, 15) is 4.79 Å². The van der Waals surface area contributed by atoms with Gasteiger partial charge in [-0.1, -0.05) is 0 Å². The lowest BCUT2D eigenvalue weighted by Crippen LogP contribution is -2.47. The van der Waals surface area contributed by atoms with E-state index in [1.54, 1.807) is 14.2 Å². The van der Waals surface area contributed by atoms with Crippen molar-refractivity contribution in [3.8, 4) is 11.5 Å². The Balaban J connectivity index is 2.06. The molecule has 0 aromatic heterocycles. The number of hydrogen-bond acceptors (Lipinski definition) is 4. The minimum Gasteiger partial charge on any atom is -0.493 e. The summed E-state index contributed by atoms with van der Waals surface area (Å²) in [5.74, 6) is 1.43. The normalized spacial score (nSPS) is 18.6. The average Bonchev–Trinajstić information content (AvgIpc) is 2.45. The molecule has 0 radical (unpaired) electrons. The molecule has 1 saturated heterocycles. The van der Waals surface area contributed by atoms with Crippen molar-refractivity contribution in [1.82, 2.24) is 10.6 Å². The Hall–Kier alpha value is -1.27. The summed E-state index contributed by atoms with van der Waals surface area (Å²) >= 11 is 3.46. The number of methoxy groups -OCH3 is 2. The van der Waals surface area contributed by atoms with Crippen LogP contribution in [0, 0.1) is 0 Å². The predicted octanol–water partition coefficient (Wildman–Crippen LogP) is 1.83. The van der Waals surface area contributed by atoms with Crippen LogP contribution in [0.2, 0.25) is 0 Å². The summed E-state index contributed by atoms with van der Waals surface area (Å²) < 4.78 is 11.4. The highest BCUT2D eigenvalue weighted by molar-refractivity contribution is 9.10. The molecular formula is C14H19BrN2O3. The molecule has 5 nitrogen and oxygen atoms in total. The molecule has 0 spiro atoms. The van der Waals surface area contributed by atoms with E-state index in [-0.39, 0.29) is 11.9 Å². The van der Waals surface area contributed by atoms with Crippen LogP contribution in [0.1, 0.15) is 18.4 Å². The Morgan fingerprint density at radius 2 is 2.20 bits per heavy atom. The standard InChI is InChI=1S/C14H19BrN2O3/c1-19-12-7-9(6-10(15)13(12)20-2)8-17-11-4-3-5-16-14(11)18/h6-7,11,17H,3-5,8H2,1-2H3,(H,16,18). The second-order valence-corrected chi connectivity index (χ2v) is 5.53. The van der Waals surface area contributed by atoms with E-state index < -0.39 is 0 Å². The molecule has 1 aromatic carbocycles. The lowest BCUT2D eigenvalue weighted by atomic mass is 10.1. The van der Waals surface area contributed by atoms with Gasteiger partial charge in [-0.05, 0) is 46.5 Å². The summed E-state index contributed by atoms with van der Waals surface area (Å²) in [5, 5.41) is 6.14. The molecule has 1 heterocycles. The number of amides is 1. The fourth-order valence-electron chi connectivity index (χ4n) is 2.28. The molecule has 0 bridgehead atoms. The number of benzene rings is 1. The van der Waals surface area contributed by atoms with Crippen LogP contribution in [0.15, 0.2) is 16.6 Å². The van der Waals surface area contributed by atoms with E-state index in [4.69, 9.17) is 9.47 Å². The second kappa shape index (κ2) is 6.95. The zero-order chi connectivity index (χ0) is 14.5. The zero-order valence-corrected chi connectivity index (χ0v) is 13.2. The number of rotatable bonds is 5. The third-order valence-electron chi connectivity index (χ3n) is 3.33. The lowest BCUT2D eigenvalue weighted by molar-refractivity contribution is -0.124. The summed E-state index contributed by atoms with van der Waals surface area (Å²) in [6, 6.07) is 3.77. The first-order valence-electron chi connectivity index (χ1n) is 6.57. The van der Waals surface area contributed by atoms with Gasteiger partial charge in [0, 0.05) is 13.1 Å². The number of hydrogen-bond donors (Lipinski definition) is 2. The molecule has 1 aliphatic heterocycles. The van der Waals surface area contributed by atoms with E-state index in [2.05, 4.69) is 26.6 Å². The monoisotopic (exact) mass is 342 g/mol. The Morgan fingerprint density at radius 1 is 1.40 bits per heavy atom. The zero-order valence-electron chi connectivity index (χ0n) is 11.7. The molecule has 1 atom stereocenters. The smallest absolute Gasteiger partial charge is 0.237 e. The first-order chi connectivity index (χ1) is 9.65. The number of carbonyl (C=O) groups excluding carboxylic acids is 1. The fraction of sp³-hybridized carbons (Fsp3) is 0.500. The first-order valence-corrected chi connectivity index (χ1v) is 7.36. The second-order valence-electron chi connectivity index (χ2n) is 4.68. The van der Waals surface area contributed by atoms with Crippen LogP contribution in [0.3, 0.4) is 0 Å². The molecule has 1 fully saturated rings. The number of nitrogens with one attached hydrogen (secondary N) is 2. The quantitative estimate of drug-likeness (QED) is 0.857. The fourth-order valence-corrected chi connectivity index (χ4v) is 2.93. The van der Waals surface area contributed by atoms with Gasteiger partial charge in [-0.15, -0.1) is 0 Å². The van der Waals surface area contributed by atoms with Crippen LogP contribution in [0.25, 0.3) is 0 Å². The largest absolute Gasteiger partial charge is 0.493 e. The van der Waals surface area contributed by atoms with Gasteiger partial charge in [-0.25, -0.2) is 0 Å². The summed E-state index contributed by atoms with van der Waals surface area (Å²) in [5.41, 5.74) is 1.04. The number of carbonyl (C=O) groups is 1. The maximum absolute atomic E-state index is 11.7. The van der Waals surface area contributed by atoms with E-state index in [0.717, 1.165) is 29.4 Å². The minimum atomic E-state index is -0.115. The third kappa shape index (κ3) is 3.43. The molecular weight excluding hydrogens is 324 g/mol. The Kier molecular flexibility index (Phi) is 5.25. The number of piperidine rings is 1. The minimum absolute atomic E-state index is 0.0794. The van der Waals surface area contributed by atoms with Crippen molar-refractivity contribution in [2.45, 2.75) is 25.4 Å². The highest BCUT2D eigenvalue weighted by Gasteiger charge is 2.21. The maximum atomic E-state index is 11.7. The van der Waals surface area contributed by atoms with Crippen LogP contribution in [0.4, 0.5) is 0 Å². The van der Waals surface area contributed by atoms with Crippen molar-refractivity contribution in [3.63, 3.8) is 0 Å². The maximum Gasteiger partial charge on any atom is 0.237 e. The number of halogens is 1. The van der Waals surface area contributed by atoms with Crippen molar-refractivity contribution in [2.24, 2.45) is 0 Å². The van der Waals surface area contributed by atoms with Crippen LogP contribution in [-0.2, 0) is 11.3 Å². The number of ether oxygens (including phenoxy) is 2. The Bertz CT molecular complexity index is 494. The summed E-state index contributed by atoms with van der Waals surface area (Å²) in [4.78, 5) is 11.7. The van der Waals surface area contributed by atoms with Crippen molar-refractivity contribution in [2.75, 3.05) is 20.8 Å². The van der Waals surface area contributed by atoms with Crippen molar-refractivity contribution >= 4 is 21.8 Å². The van der Waals surface area contributed by atoms with Gasteiger partial charge in [-0.3, -0.25) is 4.79 Å². The molecule has 20 heavy (non-hydrogen) atoms. The van der Waals surface area contributed by atoms with Gasteiger partial charge in [0.2, 0.25) is 5.91 Å². The van der Waals surface area contributed by atoms with Gasteiger partial charge in [0.1, 0.15) is 0 Å². The van der Waals surface area contributed by atoms with Gasteiger partial charge in [0.05, 0.1) is 24.7 Å². The summed E-state index contributed by atoms with van der Waals surface area (Å²) in [6.07, 6.45) is 1.89. The summed E-state index contributed by atoms with van der Waals surface area (Å²) in [6.45, 7) is 1.38. The topological polar surface area (TPSA) is 59.6 Å². The van der Waals surface area contributed by atoms with Crippen LogP contribution >= 0.6 is 15.9 Å². The van der Waals surface area contributed by atoms with Gasteiger partial charge >= 0.3 is 0 Å². The van der Waals surface area contributed by atoms with Crippen molar-refractivity contribution in [3.05, 3.63) is 22.2 Å². The van der Waals surface area contributed by atoms with Gasteiger partial charge in [0.25, 0.3) is 0 Å². The Morgan fingerprint density at radius 3 is 2.85 bits per heavy atom. The van der Waals surface area contributed by atoms with E-state index in [1.165, 1.54) is 0 Å². The van der Waals surface area contributed by atoms with Crippen molar-refractivity contribution in [1.29, 1.82) is 0 Å². The van der Waals surface area contributed by atoms with Crippen LogP contribution in [-0.4, -0.2) is 32.7 Å². The van der Waals surface area contributed by atoms with Gasteiger partial charge < -0.3 is 20.1 Å². The molecule has 1 aliphatic rings. The molecule has 0 aliphatic carbocycles. The van der Waals surface area contributed by atoms with Crippen molar-refractivity contribution < 1.29 is 14.3 Å². The molecule has 110 valence electrons. The molecule has 1 amide bonds. The predicted molar refractivity (Wildman–Crippen MR) is 80.1 cm³/mol. The molecule has 0 saturated carbocycles. The first kappa shape index (κ1) is 15.1. The molecule has 2 rings (SSSR count). The SMILES string of the molecule is COc1cc(CNC2CCCNC2=O)cc(Br)c1OC. The lowest BCUT2D eigenvalue weighted by Gasteiger charge is -2.23. The highest BCUT2D eigenvalue weighted by atomic mass is 79.9. The van der Waals surface area contributed by atoms with E-state index >= 15 is 0 Å². The highest BCUT2D eigenvalue weighted by Crippen LogP contribution is 2.36. The van der Waals surface area contributed by atoms with Gasteiger partial charge in [-0.2, -0.15) is 0 Å². The molecule has 6 heteroatoms. The molecule has 1 aromatic rings. The Labute approximate surface area is 127 Å². The van der Waals surface area contributed by atoms with Crippen LogP contribution < -0.4 is 20.1 Å². The average molecular weight is 343 g/mol. The molecule has 1 unspecified atom stereocenters. The van der Waals surface area contributed by atoms with Gasteiger partial charge in [0.15, 0.2) is 11.5 Å². The van der Waals surface area contributed by atoms with E-state index in [0.29, 0.717) is 18.0 Å². The molecule has 2 N–H and O–H groups in total. The van der Waals surface area contributed by atoms with Crippen LogP contribution in [0.5, 0.6) is 11.5 Å².